The number of methoxy groups -OCH3 is 2. The second-order valence-corrected chi connectivity index (χ2v) is 9.74. The first kappa shape index (κ1) is 26.1. The van der Waals surface area contributed by atoms with Crippen molar-refractivity contribution in [1.29, 1.82) is 0 Å². The van der Waals surface area contributed by atoms with Crippen molar-refractivity contribution in [3.8, 4) is 40.2 Å². The van der Waals surface area contributed by atoms with Gasteiger partial charge in [0.05, 0.1) is 19.2 Å². The normalized spacial score (nSPS) is 16.3. The van der Waals surface area contributed by atoms with Crippen LogP contribution in [0.4, 0.5) is 4.79 Å². The summed E-state index contributed by atoms with van der Waals surface area (Å²) >= 11 is 6.55. The lowest BCUT2D eigenvalue weighted by molar-refractivity contribution is -0.0362. The van der Waals surface area contributed by atoms with Crippen LogP contribution >= 0.6 is 11.6 Å². The minimum absolute atomic E-state index is 0.299. The number of hydrogen-bond donors (Lipinski definition) is 1. The molecule has 0 amide bonds. The van der Waals surface area contributed by atoms with Crippen molar-refractivity contribution < 1.29 is 33.4 Å². The topological polar surface area (TPSA) is 129 Å². The lowest BCUT2D eigenvalue weighted by Crippen LogP contribution is -2.53. The van der Waals surface area contributed by atoms with E-state index in [4.69, 9.17) is 40.2 Å². The number of hydrogen-bond acceptors (Lipinski definition) is 10. The molecule has 0 atom stereocenters. The van der Waals surface area contributed by atoms with E-state index in [1.54, 1.807) is 25.3 Å². The van der Waals surface area contributed by atoms with Crippen LogP contribution in [0.15, 0.2) is 28.8 Å². The van der Waals surface area contributed by atoms with E-state index >= 15 is 0 Å². The summed E-state index contributed by atoms with van der Waals surface area (Å²) in [6.07, 6.45) is 3.06. The van der Waals surface area contributed by atoms with Gasteiger partial charge in [-0.3, -0.25) is 4.90 Å². The van der Waals surface area contributed by atoms with Gasteiger partial charge in [-0.15, -0.1) is 0 Å². The lowest BCUT2D eigenvalue weighted by atomic mass is 10.0. The van der Waals surface area contributed by atoms with Gasteiger partial charge in [0.1, 0.15) is 12.7 Å². The van der Waals surface area contributed by atoms with E-state index < -0.39 is 6.16 Å². The van der Waals surface area contributed by atoms with Crippen molar-refractivity contribution in [3.05, 3.63) is 35.0 Å². The van der Waals surface area contributed by atoms with Crippen LogP contribution in [0.25, 0.3) is 22.8 Å². The molecule has 0 radical (unpaired) electrons. The monoisotopic (exact) mass is 544 g/mol. The molecular formula is C26H29ClN4O7. The predicted molar refractivity (Wildman–Crippen MR) is 137 cm³/mol. The Hall–Kier alpha value is -3.57. The molecule has 5 rings (SSSR count). The Labute approximate surface area is 224 Å². The number of aromatic nitrogens is 3. The summed E-state index contributed by atoms with van der Waals surface area (Å²) in [4.78, 5) is 21.8. The third-order valence-electron chi connectivity index (χ3n) is 6.81. The molecule has 1 saturated heterocycles. The van der Waals surface area contributed by atoms with Crippen molar-refractivity contribution in [1.82, 2.24) is 20.0 Å². The van der Waals surface area contributed by atoms with E-state index in [0.717, 1.165) is 24.1 Å². The predicted octanol–water partition coefficient (Wildman–Crippen LogP) is 4.88. The smallest absolute Gasteiger partial charge is 0.493 e. The standard InChI is InChI=1S/C26H29ClN4O7/c1-34-21-11-16(9-19(27)23(21)36-8-7-31-13-18(14-31)37-26(32)33)24-29-25(38-30-24)17-10-20(15-5-3-4-6-15)28-22(12-17)35-2/h9-12,15,18H,3-8,13-14H2,1-2H3,(H,32,33). The molecule has 2 aliphatic rings. The molecule has 1 N–H and O–H groups in total. The van der Waals surface area contributed by atoms with Gasteiger partial charge in [-0.25, -0.2) is 9.78 Å². The Morgan fingerprint density at radius 1 is 1.11 bits per heavy atom. The highest BCUT2D eigenvalue weighted by molar-refractivity contribution is 6.32. The van der Waals surface area contributed by atoms with E-state index in [9.17, 15) is 4.79 Å². The molecule has 0 spiro atoms. The van der Waals surface area contributed by atoms with Crippen molar-refractivity contribution in [2.24, 2.45) is 0 Å². The number of halogens is 1. The zero-order chi connectivity index (χ0) is 26.6. The molecule has 202 valence electrons. The summed E-state index contributed by atoms with van der Waals surface area (Å²) in [6.45, 7) is 2.00. The summed E-state index contributed by atoms with van der Waals surface area (Å²) in [5.41, 5.74) is 2.34. The van der Waals surface area contributed by atoms with Crippen LogP contribution in [-0.2, 0) is 4.74 Å². The average molecular weight is 545 g/mol. The van der Waals surface area contributed by atoms with Gasteiger partial charge >= 0.3 is 6.16 Å². The third kappa shape index (κ3) is 5.78. The Balaban J connectivity index is 1.28. The van der Waals surface area contributed by atoms with E-state index in [1.165, 1.54) is 20.0 Å². The molecule has 12 heteroatoms. The molecule has 38 heavy (non-hydrogen) atoms. The van der Waals surface area contributed by atoms with Gasteiger partial charge in [0, 0.05) is 48.4 Å². The minimum Gasteiger partial charge on any atom is -0.493 e. The quantitative estimate of drug-likeness (QED) is 0.350. The minimum atomic E-state index is -1.26. The van der Waals surface area contributed by atoms with Gasteiger partial charge in [0.25, 0.3) is 5.89 Å². The van der Waals surface area contributed by atoms with Gasteiger partial charge in [-0.05, 0) is 31.0 Å². The highest BCUT2D eigenvalue weighted by atomic mass is 35.5. The molecule has 3 heterocycles. The number of ether oxygens (including phenoxy) is 4. The van der Waals surface area contributed by atoms with Crippen LogP contribution in [0.1, 0.15) is 37.3 Å². The van der Waals surface area contributed by atoms with Crippen molar-refractivity contribution in [2.45, 2.75) is 37.7 Å². The Morgan fingerprint density at radius 2 is 1.89 bits per heavy atom. The van der Waals surface area contributed by atoms with Crippen molar-refractivity contribution in [3.63, 3.8) is 0 Å². The molecule has 1 aliphatic heterocycles. The van der Waals surface area contributed by atoms with Crippen LogP contribution in [0, 0.1) is 0 Å². The molecule has 11 nitrogen and oxygen atoms in total. The number of likely N-dealkylation sites (tertiary alicyclic amines) is 1. The fourth-order valence-corrected chi connectivity index (χ4v) is 5.10. The largest absolute Gasteiger partial charge is 0.506 e. The van der Waals surface area contributed by atoms with Gasteiger partial charge in [0.2, 0.25) is 11.7 Å². The van der Waals surface area contributed by atoms with Gasteiger partial charge in [-0.1, -0.05) is 29.6 Å². The van der Waals surface area contributed by atoms with Gasteiger partial charge < -0.3 is 28.6 Å². The summed E-state index contributed by atoms with van der Waals surface area (Å²) in [7, 11) is 3.12. The molecular weight excluding hydrogens is 516 g/mol. The van der Waals surface area contributed by atoms with Gasteiger partial charge in [0.15, 0.2) is 11.5 Å². The first-order chi connectivity index (χ1) is 18.4. The SMILES string of the molecule is COc1cc(-c2nc(-c3cc(Cl)c(OCCN4CC(OC(=O)O)C4)c(OC)c3)no2)cc(C2CCCC2)n1. The molecule has 1 aliphatic carbocycles. The highest BCUT2D eigenvalue weighted by Crippen LogP contribution is 2.40. The fraction of sp³-hybridized carbons (Fsp3) is 0.462. The Bertz CT molecular complexity index is 1290. The van der Waals surface area contributed by atoms with E-state index in [1.807, 2.05) is 11.0 Å². The molecule has 1 aromatic carbocycles. The zero-order valence-electron chi connectivity index (χ0n) is 21.2. The van der Waals surface area contributed by atoms with E-state index in [-0.39, 0.29) is 6.10 Å². The molecule has 3 aromatic rings. The van der Waals surface area contributed by atoms with Crippen LogP contribution in [0.3, 0.4) is 0 Å². The van der Waals surface area contributed by atoms with Crippen LogP contribution in [0.2, 0.25) is 5.02 Å². The number of pyridine rings is 1. The first-order valence-electron chi connectivity index (χ1n) is 12.5. The molecule has 0 unspecified atom stereocenters. The zero-order valence-corrected chi connectivity index (χ0v) is 21.9. The number of nitrogens with zero attached hydrogens (tertiary/aromatic N) is 4. The molecule has 0 bridgehead atoms. The van der Waals surface area contributed by atoms with Crippen molar-refractivity contribution >= 4 is 17.8 Å². The fourth-order valence-electron chi connectivity index (χ4n) is 4.83. The number of benzene rings is 1. The third-order valence-corrected chi connectivity index (χ3v) is 7.09. The van der Waals surface area contributed by atoms with Crippen LogP contribution < -0.4 is 14.2 Å². The molecule has 1 saturated carbocycles. The number of carboxylic acid groups (broad SMARTS) is 1. The number of carbonyl (C=O) groups is 1. The average Bonchev–Trinajstić information content (AvgIpc) is 3.60. The summed E-state index contributed by atoms with van der Waals surface area (Å²) in [6, 6.07) is 7.22. The summed E-state index contributed by atoms with van der Waals surface area (Å²) < 4.78 is 27.2. The van der Waals surface area contributed by atoms with Crippen molar-refractivity contribution in [2.75, 3.05) is 40.5 Å². The maximum absolute atomic E-state index is 10.6. The van der Waals surface area contributed by atoms with E-state index in [2.05, 4.69) is 15.1 Å². The number of rotatable bonds is 10. The summed E-state index contributed by atoms with van der Waals surface area (Å²) in [5, 5.41) is 13.2. The highest BCUT2D eigenvalue weighted by Gasteiger charge is 2.30. The van der Waals surface area contributed by atoms with Crippen LogP contribution in [0.5, 0.6) is 17.4 Å². The van der Waals surface area contributed by atoms with Gasteiger partial charge in [-0.2, -0.15) is 4.98 Å². The summed E-state index contributed by atoms with van der Waals surface area (Å²) in [5.74, 6) is 2.47. The Morgan fingerprint density at radius 3 is 2.61 bits per heavy atom. The molecule has 2 aromatic heterocycles. The van der Waals surface area contributed by atoms with E-state index in [0.29, 0.717) is 71.8 Å². The maximum Gasteiger partial charge on any atom is 0.506 e. The second-order valence-electron chi connectivity index (χ2n) is 9.33. The second kappa shape index (κ2) is 11.4. The lowest BCUT2D eigenvalue weighted by Gasteiger charge is -2.37. The Kier molecular flexibility index (Phi) is 7.85. The first-order valence-corrected chi connectivity index (χ1v) is 12.8. The maximum atomic E-state index is 10.6. The van der Waals surface area contributed by atoms with Crippen LogP contribution in [-0.4, -0.2) is 77.9 Å². The molecule has 2 fully saturated rings.